The van der Waals surface area contributed by atoms with E-state index in [0.29, 0.717) is 36.9 Å². The Morgan fingerprint density at radius 3 is 2.60 bits per heavy atom. The number of amides is 1. The topological polar surface area (TPSA) is 129 Å². The number of rotatable bonds is 11. The van der Waals surface area contributed by atoms with E-state index in [0.717, 1.165) is 6.07 Å². The van der Waals surface area contributed by atoms with E-state index >= 15 is 0 Å². The molecule has 0 bridgehead atoms. The first-order valence-corrected chi connectivity index (χ1v) is 9.16. The van der Waals surface area contributed by atoms with Crippen molar-refractivity contribution in [3.63, 3.8) is 0 Å². The third kappa shape index (κ3) is 6.45. The molecular formula is C20H23N3O7. The van der Waals surface area contributed by atoms with E-state index in [1.54, 1.807) is 24.3 Å². The highest BCUT2D eigenvalue weighted by Gasteiger charge is 2.19. The summed E-state index contributed by atoms with van der Waals surface area (Å²) in [6.45, 7) is 2.42. The smallest absolute Gasteiger partial charge is 0.341 e. The molecule has 0 unspecified atom stereocenters. The Morgan fingerprint density at radius 1 is 1.13 bits per heavy atom. The van der Waals surface area contributed by atoms with Crippen molar-refractivity contribution < 1.29 is 28.7 Å². The number of anilines is 2. The molecule has 0 aliphatic heterocycles. The molecule has 160 valence electrons. The number of ether oxygens (including phenoxy) is 3. The largest absolute Gasteiger partial charge is 0.492 e. The van der Waals surface area contributed by atoms with Crippen LogP contribution < -0.4 is 15.4 Å². The fraction of sp³-hybridized carbons (Fsp3) is 0.300. The Morgan fingerprint density at radius 2 is 1.90 bits per heavy atom. The van der Waals surface area contributed by atoms with Crippen molar-refractivity contribution in [2.75, 3.05) is 44.1 Å². The van der Waals surface area contributed by atoms with Gasteiger partial charge in [0, 0.05) is 31.5 Å². The molecule has 0 saturated carbocycles. The monoisotopic (exact) mass is 417 g/mol. The summed E-state index contributed by atoms with van der Waals surface area (Å²) in [7, 11) is 1.52. The number of non-ortho nitro benzene ring substituents is 1. The summed E-state index contributed by atoms with van der Waals surface area (Å²) in [6.07, 6.45) is 0. The minimum Gasteiger partial charge on any atom is -0.492 e. The molecular weight excluding hydrogens is 394 g/mol. The third-order valence-electron chi connectivity index (χ3n) is 3.85. The number of carbonyl (C=O) groups is 2. The second-order valence-electron chi connectivity index (χ2n) is 5.96. The van der Waals surface area contributed by atoms with E-state index in [4.69, 9.17) is 14.2 Å². The lowest BCUT2D eigenvalue weighted by Gasteiger charge is -2.13. The zero-order valence-corrected chi connectivity index (χ0v) is 16.7. The molecule has 0 aliphatic rings. The average molecular weight is 417 g/mol. The van der Waals surface area contributed by atoms with Gasteiger partial charge in [-0.1, -0.05) is 12.1 Å². The number of nitrogens with zero attached hydrogens (tertiary/aromatic N) is 1. The summed E-state index contributed by atoms with van der Waals surface area (Å²) < 4.78 is 15.4. The van der Waals surface area contributed by atoms with Gasteiger partial charge in [0.05, 0.1) is 29.4 Å². The van der Waals surface area contributed by atoms with Crippen molar-refractivity contribution in [1.29, 1.82) is 0 Å². The Hall–Kier alpha value is -3.66. The van der Waals surface area contributed by atoms with Gasteiger partial charge in [-0.05, 0) is 25.1 Å². The Labute approximate surface area is 173 Å². The normalized spacial score (nSPS) is 10.2. The van der Waals surface area contributed by atoms with Crippen LogP contribution in [0.2, 0.25) is 0 Å². The quantitative estimate of drug-likeness (QED) is 0.247. The lowest BCUT2D eigenvalue weighted by molar-refractivity contribution is -0.384. The summed E-state index contributed by atoms with van der Waals surface area (Å²) in [4.78, 5) is 35.1. The molecule has 0 fully saturated rings. The van der Waals surface area contributed by atoms with Crippen LogP contribution in [0, 0.1) is 10.1 Å². The minimum atomic E-state index is -0.869. The molecule has 0 atom stereocenters. The first-order chi connectivity index (χ1) is 14.5. The number of carbonyl (C=O) groups excluding carboxylic acids is 2. The lowest BCUT2D eigenvalue weighted by Crippen LogP contribution is -2.22. The van der Waals surface area contributed by atoms with E-state index in [2.05, 4.69) is 10.6 Å². The molecule has 0 spiro atoms. The molecule has 2 N–H and O–H groups in total. The van der Waals surface area contributed by atoms with E-state index in [1.165, 1.54) is 19.2 Å². The van der Waals surface area contributed by atoms with Gasteiger partial charge in [0.2, 0.25) is 0 Å². The Balaban J connectivity index is 2.06. The zero-order chi connectivity index (χ0) is 21.9. The SMILES string of the molecule is CCOc1ccccc1NC(=O)COC(=O)c1cc([N+](=O)[O-])ccc1NCCOC. The van der Waals surface area contributed by atoms with Crippen LogP contribution in [-0.2, 0) is 14.3 Å². The molecule has 0 radical (unpaired) electrons. The minimum absolute atomic E-state index is 0.0529. The van der Waals surface area contributed by atoms with Crippen molar-refractivity contribution in [1.82, 2.24) is 0 Å². The van der Waals surface area contributed by atoms with Crippen molar-refractivity contribution in [2.45, 2.75) is 6.92 Å². The molecule has 0 aliphatic carbocycles. The number of hydrogen-bond acceptors (Lipinski definition) is 8. The first-order valence-electron chi connectivity index (χ1n) is 9.16. The van der Waals surface area contributed by atoms with Crippen LogP contribution in [0.1, 0.15) is 17.3 Å². The maximum Gasteiger partial charge on any atom is 0.341 e. The van der Waals surface area contributed by atoms with Crippen molar-refractivity contribution in [2.24, 2.45) is 0 Å². The molecule has 2 aromatic rings. The van der Waals surface area contributed by atoms with Crippen molar-refractivity contribution >= 4 is 28.9 Å². The van der Waals surface area contributed by atoms with Crippen LogP contribution >= 0.6 is 0 Å². The van der Waals surface area contributed by atoms with Gasteiger partial charge >= 0.3 is 5.97 Å². The van der Waals surface area contributed by atoms with Crippen LogP contribution in [0.3, 0.4) is 0 Å². The summed E-state index contributed by atoms with van der Waals surface area (Å²) in [5.74, 6) is -0.954. The van der Waals surface area contributed by atoms with Crippen LogP contribution in [0.5, 0.6) is 5.75 Å². The van der Waals surface area contributed by atoms with Gasteiger partial charge in [-0.2, -0.15) is 0 Å². The Bertz CT molecular complexity index is 902. The maximum atomic E-state index is 12.5. The van der Waals surface area contributed by atoms with Gasteiger partial charge in [0.15, 0.2) is 6.61 Å². The van der Waals surface area contributed by atoms with E-state index < -0.39 is 23.4 Å². The van der Waals surface area contributed by atoms with Gasteiger partial charge in [0.1, 0.15) is 5.75 Å². The third-order valence-corrected chi connectivity index (χ3v) is 3.85. The number of esters is 1. The fourth-order valence-electron chi connectivity index (χ4n) is 2.50. The summed E-state index contributed by atoms with van der Waals surface area (Å²) >= 11 is 0. The van der Waals surface area contributed by atoms with Crippen LogP contribution in [0.15, 0.2) is 42.5 Å². The maximum absolute atomic E-state index is 12.5. The molecule has 2 rings (SSSR count). The van der Waals surface area contributed by atoms with Crippen LogP contribution in [0.4, 0.5) is 17.1 Å². The number of methoxy groups -OCH3 is 1. The van der Waals surface area contributed by atoms with Gasteiger partial charge in [-0.25, -0.2) is 4.79 Å². The average Bonchev–Trinajstić information content (AvgIpc) is 2.74. The van der Waals surface area contributed by atoms with Gasteiger partial charge < -0.3 is 24.8 Å². The van der Waals surface area contributed by atoms with Crippen LogP contribution in [0.25, 0.3) is 0 Å². The summed E-state index contributed by atoms with van der Waals surface area (Å²) in [5, 5.41) is 16.6. The van der Waals surface area contributed by atoms with Gasteiger partial charge in [-0.3, -0.25) is 14.9 Å². The van der Waals surface area contributed by atoms with Crippen molar-refractivity contribution in [3.05, 3.63) is 58.1 Å². The molecule has 0 saturated heterocycles. The van der Waals surface area contributed by atoms with E-state index in [1.807, 2.05) is 6.92 Å². The Kier molecular flexibility index (Phi) is 8.57. The van der Waals surface area contributed by atoms with E-state index in [-0.39, 0.29) is 11.3 Å². The molecule has 10 nitrogen and oxygen atoms in total. The number of para-hydroxylation sites is 2. The zero-order valence-electron chi connectivity index (χ0n) is 16.7. The number of hydrogen-bond donors (Lipinski definition) is 2. The molecule has 0 aromatic heterocycles. The first kappa shape index (κ1) is 22.6. The second kappa shape index (κ2) is 11.4. The number of nitrogens with one attached hydrogen (secondary N) is 2. The number of nitro groups is 1. The molecule has 2 aromatic carbocycles. The highest BCUT2D eigenvalue weighted by Crippen LogP contribution is 2.24. The van der Waals surface area contributed by atoms with Gasteiger partial charge in [-0.15, -0.1) is 0 Å². The predicted octanol–water partition coefficient (Wildman–Crippen LogP) is 2.85. The van der Waals surface area contributed by atoms with Gasteiger partial charge in [0.25, 0.3) is 11.6 Å². The highest BCUT2D eigenvalue weighted by atomic mass is 16.6. The van der Waals surface area contributed by atoms with Crippen molar-refractivity contribution in [3.8, 4) is 5.75 Å². The highest BCUT2D eigenvalue weighted by molar-refractivity contribution is 5.99. The second-order valence-corrected chi connectivity index (χ2v) is 5.96. The number of benzene rings is 2. The molecule has 10 heteroatoms. The molecule has 0 heterocycles. The summed E-state index contributed by atoms with van der Waals surface area (Å²) in [6, 6.07) is 10.6. The molecule has 1 amide bonds. The number of nitro benzene ring substituents is 1. The summed E-state index contributed by atoms with van der Waals surface area (Å²) in [5.41, 5.74) is 0.458. The fourth-order valence-corrected chi connectivity index (χ4v) is 2.50. The predicted molar refractivity (Wildman–Crippen MR) is 110 cm³/mol. The lowest BCUT2D eigenvalue weighted by atomic mass is 10.1. The standard InChI is InChI=1S/C20H23N3O7/c1-3-29-18-7-5-4-6-17(18)22-19(24)13-30-20(25)15-12-14(23(26)27)8-9-16(15)21-10-11-28-2/h4-9,12,21H,3,10-11,13H2,1-2H3,(H,22,24). The molecule has 30 heavy (non-hydrogen) atoms. The van der Waals surface area contributed by atoms with E-state index in [9.17, 15) is 19.7 Å². The van der Waals surface area contributed by atoms with Crippen LogP contribution in [-0.4, -0.2) is 50.3 Å².